The molecule has 0 saturated heterocycles. The molecule has 6 rings (SSSR count). The van der Waals surface area contributed by atoms with E-state index in [-0.39, 0.29) is 23.1 Å². The molecule has 1 aliphatic carbocycles. The normalized spacial score (nSPS) is 18.6. The molecule has 0 bridgehead atoms. The van der Waals surface area contributed by atoms with E-state index in [2.05, 4.69) is 15.6 Å². The largest absolute Gasteiger partial charge is 0.345 e. The standard InChI is InChI=1S/C27H23N3O5S2/c31-25(29-19-9-11-37(34,35)14-19)21-12-17-5-7-20(15-2-1-3-15)23(24(17)30-26(21)32)27(33)28-18-6-4-16-8-10-36-22(16)13-18/h4-13,15,19H,1-3,14H2,(H,28,33)(H,29,31)(H,30,32)/t19-/m1/s1. The molecule has 188 valence electrons. The second-order valence-electron chi connectivity index (χ2n) is 9.50. The zero-order valence-corrected chi connectivity index (χ0v) is 21.2. The zero-order valence-electron chi connectivity index (χ0n) is 19.6. The minimum atomic E-state index is -3.35. The Labute approximate surface area is 216 Å². The van der Waals surface area contributed by atoms with Gasteiger partial charge in [-0.1, -0.05) is 24.6 Å². The van der Waals surface area contributed by atoms with Gasteiger partial charge in [0.1, 0.15) is 5.56 Å². The topological polar surface area (TPSA) is 125 Å². The highest BCUT2D eigenvalue weighted by Crippen LogP contribution is 2.40. The number of sulfone groups is 1. The van der Waals surface area contributed by atoms with Crippen molar-refractivity contribution in [2.45, 2.75) is 31.2 Å². The molecule has 4 aromatic rings. The molecule has 0 spiro atoms. The number of amides is 2. The van der Waals surface area contributed by atoms with Crippen LogP contribution in [0.3, 0.4) is 0 Å². The number of rotatable bonds is 5. The predicted molar refractivity (Wildman–Crippen MR) is 145 cm³/mol. The van der Waals surface area contributed by atoms with E-state index in [9.17, 15) is 22.8 Å². The molecule has 1 fully saturated rings. The van der Waals surface area contributed by atoms with E-state index in [0.29, 0.717) is 22.2 Å². The lowest BCUT2D eigenvalue weighted by Gasteiger charge is -2.28. The number of benzene rings is 2. The Morgan fingerprint density at radius 3 is 2.54 bits per heavy atom. The van der Waals surface area contributed by atoms with E-state index in [1.165, 1.54) is 12.1 Å². The summed E-state index contributed by atoms with van der Waals surface area (Å²) < 4.78 is 24.4. The van der Waals surface area contributed by atoms with Gasteiger partial charge in [0.2, 0.25) is 0 Å². The van der Waals surface area contributed by atoms with E-state index < -0.39 is 27.3 Å². The summed E-state index contributed by atoms with van der Waals surface area (Å²) in [6.45, 7) is 0. The van der Waals surface area contributed by atoms with Crippen LogP contribution < -0.4 is 16.2 Å². The third kappa shape index (κ3) is 4.47. The minimum Gasteiger partial charge on any atom is -0.345 e. The summed E-state index contributed by atoms with van der Waals surface area (Å²) in [5.41, 5.74) is 1.54. The van der Waals surface area contributed by atoms with Crippen LogP contribution in [0, 0.1) is 0 Å². The summed E-state index contributed by atoms with van der Waals surface area (Å²) in [5, 5.41) is 10.3. The van der Waals surface area contributed by atoms with E-state index in [0.717, 1.165) is 40.3 Å². The van der Waals surface area contributed by atoms with Crippen LogP contribution in [-0.2, 0) is 9.84 Å². The molecular weight excluding hydrogens is 510 g/mol. The van der Waals surface area contributed by atoms with Crippen molar-refractivity contribution < 1.29 is 18.0 Å². The smallest absolute Gasteiger partial charge is 0.261 e. The van der Waals surface area contributed by atoms with E-state index >= 15 is 0 Å². The molecule has 2 aromatic heterocycles. The van der Waals surface area contributed by atoms with E-state index in [1.54, 1.807) is 11.3 Å². The number of hydrogen-bond acceptors (Lipinski definition) is 6. The van der Waals surface area contributed by atoms with Crippen molar-refractivity contribution in [3.63, 3.8) is 0 Å². The van der Waals surface area contributed by atoms with Crippen LogP contribution in [-0.4, -0.2) is 37.0 Å². The van der Waals surface area contributed by atoms with Gasteiger partial charge in [-0.05, 0) is 70.8 Å². The van der Waals surface area contributed by atoms with Crippen molar-refractivity contribution >= 4 is 59.7 Å². The second-order valence-corrected chi connectivity index (χ2v) is 12.4. The fraction of sp³-hybridized carbons (Fsp3) is 0.222. The molecule has 1 atom stereocenters. The van der Waals surface area contributed by atoms with E-state index in [1.807, 2.05) is 41.8 Å². The Balaban J connectivity index is 1.37. The van der Waals surface area contributed by atoms with E-state index in [4.69, 9.17) is 0 Å². The zero-order chi connectivity index (χ0) is 25.7. The van der Waals surface area contributed by atoms with Crippen LogP contribution in [0.15, 0.2) is 64.1 Å². The number of carbonyl (C=O) groups excluding carboxylic acids is 2. The van der Waals surface area contributed by atoms with Crippen molar-refractivity contribution in [3.8, 4) is 0 Å². The second kappa shape index (κ2) is 8.97. The first-order chi connectivity index (χ1) is 17.8. The molecule has 10 heteroatoms. The minimum absolute atomic E-state index is 0.143. The SMILES string of the molecule is O=C(N[C@@H]1C=CS(=O)(=O)C1)c1cc2ccc(C3CCC3)c(C(=O)Nc3ccc4ccsc4c3)c2[nH]c1=O. The number of carbonyl (C=O) groups is 2. The van der Waals surface area contributed by atoms with Crippen molar-refractivity contribution in [2.75, 3.05) is 11.1 Å². The number of nitrogens with one attached hydrogen (secondary N) is 3. The Hall–Kier alpha value is -3.76. The number of aromatic nitrogens is 1. The first-order valence-corrected chi connectivity index (χ1v) is 14.6. The fourth-order valence-corrected chi connectivity index (χ4v) is 6.97. The average Bonchev–Trinajstić information content (AvgIpc) is 3.42. The number of hydrogen-bond donors (Lipinski definition) is 3. The first-order valence-electron chi connectivity index (χ1n) is 12.0. The van der Waals surface area contributed by atoms with Crippen molar-refractivity contribution in [2.24, 2.45) is 0 Å². The summed E-state index contributed by atoms with van der Waals surface area (Å²) in [4.78, 5) is 42.2. The number of thiophene rings is 1. The number of anilines is 1. The average molecular weight is 534 g/mol. The monoisotopic (exact) mass is 533 g/mol. The van der Waals surface area contributed by atoms with Gasteiger partial charge in [0.25, 0.3) is 17.4 Å². The molecule has 37 heavy (non-hydrogen) atoms. The summed E-state index contributed by atoms with van der Waals surface area (Å²) in [6, 6.07) is 12.2. The van der Waals surface area contributed by atoms with Gasteiger partial charge in [-0.2, -0.15) is 0 Å². The van der Waals surface area contributed by atoms with Gasteiger partial charge in [-0.15, -0.1) is 11.3 Å². The Morgan fingerprint density at radius 1 is 1.00 bits per heavy atom. The van der Waals surface area contributed by atoms with Crippen molar-refractivity contribution in [3.05, 3.63) is 86.4 Å². The van der Waals surface area contributed by atoms with Crippen LogP contribution >= 0.6 is 11.3 Å². The highest BCUT2D eigenvalue weighted by molar-refractivity contribution is 7.94. The van der Waals surface area contributed by atoms with Crippen LogP contribution in [0.5, 0.6) is 0 Å². The van der Waals surface area contributed by atoms with Crippen molar-refractivity contribution in [1.82, 2.24) is 10.3 Å². The fourth-order valence-electron chi connectivity index (χ4n) is 4.90. The molecule has 2 aliphatic rings. The van der Waals surface area contributed by atoms with Crippen molar-refractivity contribution in [1.29, 1.82) is 0 Å². The summed E-state index contributed by atoms with van der Waals surface area (Å²) >= 11 is 1.59. The molecule has 1 saturated carbocycles. The van der Waals surface area contributed by atoms with Gasteiger partial charge in [-0.25, -0.2) is 8.42 Å². The molecule has 3 heterocycles. The van der Waals surface area contributed by atoms with Gasteiger partial charge in [-0.3, -0.25) is 14.4 Å². The molecule has 2 amide bonds. The Bertz CT molecular complexity index is 1780. The van der Waals surface area contributed by atoms with Crippen LogP contribution in [0.2, 0.25) is 0 Å². The number of fused-ring (bicyclic) bond motifs is 2. The van der Waals surface area contributed by atoms with Gasteiger partial charge in [0.05, 0.1) is 22.9 Å². The van der Waals surface area contributed by atoms with Gasteiger partial charge >= 0.3 is 0 Å². The van der Waals surface area contributed by atoms with Gasteiger partial charge in [0.15, 0.2) is 9.84 Å². The van der Waals surface area contributed by atoms with Crippen LogP contribution in [0.25, 0.3) is 21.0 Å². The maximum atomic E-state index is 13.6. The summed E-state index contributed by atoms with van der Waals surface area (Å²) in [7, 11) is -3.35. The lowest BCUT2D eigenvalue weighted by molar-refractivity contribution is 0.0945. The molecule has 2 aromatic carbocycles. The first kappa shape index (κ1) is 23.6. The summed E-state index contributed by atoms with van der Waals surface area (Å²) in [5.74, 6) is -1.01. The number of pyridine rings is 1. The molecule has 8 nitrogen and oxygen atoms in total. The number of aromatic amines is 1. The maximum Gasteiger partial charge on any atom is 0.261 e. The lowest BCUT2D eigenvalue weighted by Crippen LogP contribution is -2.38. The third-order valence-electron chi connectivity index (χ3n) is 7.03. The van der Waals surface area contributed by atoms with Gasteiger partial charge in [0, 0.05) is 15.8 Å². The molecule has 3 N–H and O–H groups in total. The highest BCUT2D eigenvalue weighted by atomic mass is 32.2. The predicted octanol–water partition coefficient (Wildman–Crippen LogP) is 4.30. The van der Waals surface area contributed by atoms with Crippen LogP contribution in [0.4, 0.5) is 5.69 Å². The summed E-state index contributed by atoms with van der Waals surface area (Å²) in [6.07, 6.45) is 4.41. The highest BCUT2D eigenvalue weighted by Gasteiger charge is 2.28. The Kier molecular flexibility index (Phi) is 5.73. The van der Waals surface area contributed by atoms with Gasteiger partial charge < -0.3 is 15.6 Å². The molecule has 0 unspecified atom stereocenters. The Morgan fingerprint density at radius 2 is 1.81 bits per heavy atom. The maximum absolute atomic E-state index is 13.6. The molecule has 1 aliphatic heterocycles. The quantitative estimate of drug-likeness (QED) is 0.353. The lowest BCUT2D eigenvalue weighted by atomic mass is 9.77. The third-order valence-corrected chi connectivity index (χ3v) is 9.31. The molecular formula is C27H23N3O5S2. The van der Waals surface area contributed by atoms with Crippen LogP contribution in [0.1, 0.15) is 51.5 Å². The molecule has 0 radical (unpaired) electrons. The number of H-pyrrole nitrogens is 1.